The Morgan fingerprint density at radius 3 is 2.65 bits per heavy atom. The molecule has 3 aromatic rings. The van der Waals surface area contributed by atoms with Gasteiger partial charge >= 0.3 is 12.1 Å². The molecule has 7 N–H and O–H groups in total. The summed E-state index contributed by atoms with van der Waals surface area (Å²) in [5.74, 6) is 5.58. The van der Waals surface area contributed by atoms with Crippen LogP contribution in [0, 0.1) is 5.92 Å². The number of hydrogen-bond donors (Lipinski definition) is 4. The summed E-state index contributed by atoms with van der Waals surface area (Å²) in [6, 6.07) is 16.3. The second kappa shape index (κ2) is 11.9. The number of nitrogens with one attached hydrogen (secondary N) is 1. The van der Waals surface area contributed by atoms with Gasteiger partial charge in [0.05, 0.1) is 5.69 Å². The maximum absolute atomic E-state index is 12.6. The van der Waals surface area contributed by atoms with E-state index in [4.69, 9.17) is 26.9 Å². The second-order valence-corrected chi connectivity index (χ2v) is 8.63. The lowest BCUT2D eigenvalue weighted by Crippen LogP contribution is -2.42. The Bertz CT molecular complexity index is 1230. The standard InChI is InChI=1S/C25H30N8O4/c26-20-10-4-5-11-21(20)33(28)37-24-30-14-19(22(27)34)23(31-24)29-13-18-9-6-12-32(15-18)25(35)36-16-17-7-2-1-3-8-17/h1-5,7-8,10-11,14,18H,6,9,12-13,15-16,26,28H2,(H2,27,34)(H,29,30,31). The molecule has 4 rings (SSSR count). The van der Waals surface area contributed by atoms with Crippen LogP contribution in [0.15, 0.2) is 60.8 Å². The molecule has 1 aliphatic heterocycles. The molecule has 0 bridgehead atoms. The maximum atomic E-state index is 12.6. The van der Waals surface area contributed by atoms with Crippen molar-refractivity contribution < 1.29 is 19.2 Å². The van der Waals surface area contributed by atoms with Crippen LogP contribution in [0.5, 0.6) is 6.01 Å². The summed E-state index contributed by atoms with van der Waals surface area (Å²) in [7, 11) is 0. The first kappa shape index (κ1) is 25.5. The first-order chi connectivity index (χ1) is 17.9. The molecule has 37 heavy (non-hydrogen) atoms. The molecule has 1 atom stereocenters. The van der Waals surface area contributed by atoms with E-state index < -0.39 is 5.91 Å². The Balaban J connectivity index is 1.37. The Labute approximate surface area is 214 Å². The third kappa shape index (κ3) is 6.76. The number of hydrazine groups is 1. The third-order valence-corrected chi connectivity index (χ3v) is 5.93. The predicted octanol–water partition coefficient (Wildman–Crippen LogP) is 2.29. The maximum Gasteiger partial charge on any atom is 0.410 e. The zero-order valence-corrected chi connectivity index (χ0v) is 20.2. The van der Waals surface area contributed by atoms with Crippen molar-refractivity contribution >= 4 is 29.2 Å². The Hall–Kier alpha value is -4.58. The number of para-hydroxylation sites is 2. The fourth-order valence-electron chi connectivity index (χ4n) is 4.00. The fraction of sp³-hybridized carbons (Fsp3) is 0.280. The van der Waals surface area contributed by atoms with E-state index in [9.17, 15) is 9.59 Å². The van der Waals surface area contributed by atoms with Gasteiger partial charge in [0.15, 0.2) is 0 Å². The lowest BCUT2D eigenvalue weighted by Gasteiger charge is -2.32. The molecule has 1 aromatic heterocycles. The average Bonchev–Trinajstić information content (AvgIpc) is 2.91. The van der Waals surface area contributed by atoms with E-state index in [0.29, 0.717) is 31.0 Å². The molecule has 1 fully saturated rings. The van der Waals surface area contributed by atoms with Crippen molar-refractivity contribution in [1.82, 2.24) is 14.9 Å². The van der Waals surface area contributed by atoms with Gasteiger partial charge in [-0.2, -0.15) is 4.98 Å². The van der Waals surface area contributed by atoms with Gasteiger partial charge in [0, 0.05) is 25.8 Å². The van der Waals surface area contributed by atoms with Crippen molar-refractivity contribution in [2.24, 2.45) is 17.5 Å². The topological polar surface area (TPSA) is 175 Å². The van der Waals surface area contributed by atoms with E-state index in [1.54, 1.807) is 29.2 Å². The van der Waals surface area contributed by atoms with Crippen LogP contribution in [-0.4, -0.2) is 46.5 Å². The van der Waals surface area contributed by atoms with Crippen LogP contribution in [-0.2, 0) is 11.3 Å². The van der Waals surface area contributed by atoms with Gasteiger partial charge in [-0.3, -0.25) is 4.79 Å². The minimum atomic E-state index is -0.694. The molecule has 0 aliphatic carbocycles. The summed E-state index contributed by atoms with van der Waals surface area (Å²) >= 11 is 0. The summed E-state index contributed by atoms with van der Waals surface area (Å²) < 4.78 is 5.47. The van der Waals surface area contributed by atoms with Crippen molar-refractivity contribution in [3.63, 3.8) is 0 Å². The van der Waals surface area contributed by atoms with Gasteiger partial charge in [0.25, 0.3) is 5.91 Å². The molecule has 12 heteroatoms. The number of likely N-dealkylation sites (tertiary alicyclic amines) is 1. The number of rotatable bonds is 9. The first-order valence-corrected chi connectivity index (χ1v) is 11.8. The van der Waals surface area contributed by atoms with Gasteiger partial charge < -0.3 is 31.3 Å². The summed E-state index contributed by atoms with van der Waals surface area (Å²) in [6.07, 6.45) is 2.63. The molecule has 0 spiro atoms. The molecule has 2 aromatic carbocycles. The van der Waals surface area contributed by atoms with Gasteiger partial charge in [-0.1, -0.05) is 42.5 Å². The number of carbonyl (C=O) groups excluding carboxylic acids is 2. The predicted molar refractivity (Wildman–Crippen MR) is 138 cm³/mol. The number of carbonyl (C=O) groups is 2. The van der Waals surface area contributed by atoms with Crippen molar-refractivity contribution in [3.8, 4) is 6.01 Å². The number of aromatic nitrogens is 2. The molecule has 0 radical (unpaired) electrons. The minimum Gasteiger partial charge on any atom is -0.445 e. The lowest BCUT2D eigenvalue weighted by molar-refractivity contribution is 0.0804. The minimum absolute atomic E-state index is 0.102. The summed E-state index contributed by atoms with van der Waals surface area (Å²) in [5.41, 5.74) is 13.3. The smallest absolute Gasteiger partial charge is 0.410 e. The van der Waals surface area contributed by atoms with Gasteiger partial charge in [-0.25, -0.2) is 15.6 Å². The van der Waals surface area contributed by atoms with Gasteiger partial charge in [0.2, 0.25) is 0 Å². The molecule has 1 saturated heterocycles. The molecular weight excluding hydrogens is 476 g/mol. The number of benzene rings is 2. The van der Waals surface area contributed by atoms with Crippen LogP contribution < -0.4 is 32.6 Å². The summed E-state index contributed by atoms with van der Waals surface area (Å²) in [5, 5.41) is 4.09. The number of hydrogen-bond acceptors (Lipinski definition) is 10. The SMILES string of the molecule is NC(=O)c1cnc(ON(N)c2ccccc2N)nc1NCC1CCCN(C(=O)OCc2ccccc2)C1. The van der Waals surface area contributed by atoms with Crippen LogP contribution in [0.4, 0.5) is 22.0 Å². The average molecular weight is 507 g/mol. The Kier molecular flexibility index (Phi) is 8.21. The van der Waals surface area contributed by atoms with Gasteiger partial charge in [-0.15, -0.1) is 5.17 Å². The van der Waals surface area contributed by atoms with E-state index in [2.05, 4.69) is 15.3 Å². The molecule has 0 saturated carbocycles. The number of nitrogens with zero attached hydrogens (tertiary/aromatic N) is 4. The van der Waals surface area contributed by atoms with Crippen molar-refractivity contribution in [3.05, 3.63) is 71.9 Å². The molecule has 1 aliphatic rings. The number of anilines is 3. The van der Waals surface area contributed by atoms with Gasteiger partial charge in [0.1, 0.15) is 23.7 Å². The van der Waals surface area contributed by atoms with E-state index in [0.717, 1.165) is 23.6 Å². The van der Waals surface area contributed by atoms with Crippen LogP contribution in [0.2, 0.25) is 0 Å². The largest absolute Gasteiger partial charge is 0.445 e. The number of amides is 2. The lowest BCUT2D eigenvalue weighted by atomic mass is 9.98. The highest BCUT2D eigenvalue weighted by Crippen LogP contribution is 2.23. The number of nitrogens with two attached hydrogens (primary N) is 3. The molecule has 1 unspecified atom stereocenters. The van der Waals surface area contributed by atoms with Gasteiger partial charge in [-0.05, 0) is 36.5 Å². The highest BCUT2D eigenvalue weighted by molar-refractivity contribution is 5.97. The molecule has 12 nitrogen and oxygen atoms in total. The molecule has 194 valence electrons. The number of nitrogen functional groups attached to an aromatic ring is 1. The van der Waals surface area contributed by atoms with E-state index in [-0.39, 0.29) is 36.0 Å². The van der Waals surface area contributed by atoms with Crippen LogP contribution in [0.3, 0.4) is 0 Å². The Morgan fingerprint density at radius 1 is 1.14 bits per heavy atom. The van der Waals surface area contributed by atoms with E-state index >= 15 is 0 Å². The zero-order chi connectivity index (χ0) is 26.2. The summed E-state index contributed by atoms with van der Waals surface area (Å²) in [6.45, 7) is 1.79. The van der Waals surface area contributed by atoms with Crippen molar-refractivity contribution in [2.75, 3.05) is 35.9 Å². The first-order valence-electron chi connectivity index (χ1n) is 11.8. The third-order valence-electron chi connectivity index (χ3n) is 5.93. The van der Waals surface area contributed by atoms with Crippen LogP contribution >= 0.6 is 0 Å². The Morgan fingerprint density at radius 2 is 1.89 bits per heavy atom. The second-order valence-electron chi connectivity index (χ2n) is 8.63. The van der Waals surface area contributed by atoms with Crippen LogP contribution in [0.1, 0.15) is 28.8 Å². The normalized spacial score (nSPS) is 15.1. The quantitative estimate of drug-likeness (QED) is 0.191. The highest BCUT2D eigenvalue weighted by atomic mass is 16.7. The fourth-order valence-corrected chi connectivity index (χ4v) is 4.00. The monoisotopic (exact) mass is 506 g/mol. The van der Waals surface area contributed by atoms with Crippen molar-refractivity contribution in [1.29, 1.82) is 0 Å². The summed E-state index contributed by atoms with van der Waals surface area (Å²) in [4.78, 5) is 40.0. The van der Waals surface area contributed by atoms with Crippen molar-refractivity contribution in [2.45, 2.75) is 19.4 Å². The van der Waals surface area contributed by atoms with E-state index in [1.165, 1.54) is 6.20 Å². The molecule has 2 heterocycles. The molecular formula is C25H30N8O4. The molecule has 2 amide bonds. The number of primary amides is 1. The highest BCUT2D eigenvalue weighted by Gasteiger charge is 2.25. The number of ether oxygens (including phenoxy) is 1. The number of piperidine rings is 1. The zero-order valence-electron chi connectivity index (χ0n) is 20.2. The van der Waals surface area contributed by atoms with Crippen LogP contribution in [0.25, 0.3) is 0 Å². The van der Waals surface area contributed by atoms with E-state index in [1.807, 2.05) is 30.3 Å².